The smallest absolute Gasteiger partial charge is 0.476 e. The summed E-state index contributed by atoms with van der Waals surface area (Å²) in [7, 11) is 4.56. The Morgan fingerprint density at radius 1 is 1.18 bits per heavy atom. The van der Waals surface area contributed by atoms with Crippen LogP contribution in [0.15, 0.2) is 0 Å². The molecule has 0 bridgehead atoms. The van der Waals surface area contributed by atoms with Gasteiger partial charge in [-0.05, 0) is 0 Å². The van der Waals surface area contributed by atoms with Crippen LogP contribution in [0, 0.1) is 0 Å². The predicted octanol–water partition coefficient (Wildman–Crippen LogP) is -0.657. The molecular weight excluding hydrogens is 150 g/mol. The van der Waals surface area contributed by atoms with E-state index in [4.69, 9.17) is 10.2 Å². The lowest BCUT2D eigenvalue weighted by atomic mass is 10.2. The van der Waals surface area contributed by atoms with Gasteiger partial charge in [0.2, 0.25) is 0 Å². The van der Waals surface area contributed by atoms with Crippen molar-refractivity contribution in [2.24, 2.45) is 0 Å². The van der Waals surface area contributed by atoms with E-state index >= 15 is 0 Å². The fourth-order valence-electron chi connectivity index (χ4n) is 0.768. The van der Waals surface area contributed by atoms with Crippen LogP contribution in [-0.2, 0) is 9.59 Å². The molecule has 64 valence electrons. The van der Waals surface area contributed by atoms with Crippen molar-refractivity contribution >= 4 is 11.9 Å². The van der Waals surface area contributed by atoms with E-state index in [0.717, 1.165) is 0 Å². The molecule has 0 aromatic rings. The Morgan fingerprint density at radius 2 is 1.45 bits per heavy atom. The predicted molar refractivity (Wildman–Crippen MR) is 38.2 cm³/mol. The molecule has 0 aromatic carbocycles. The van der Waals surface area contributed by atoms with Gasteiger partial charge in [0.25, 0.3) is 6.04 Å². The van der Waals surface area contributed by atoms with Crippen molar-refractivity contribution in [1.29, 1.82) is 0 Å². The maximum atomic E-state index is 10.4. The summed E-state index contributed by atoms with van der Waals surface area (Å²) >= 11 is 0. The SMILES string of the molecule is C[N+](C)(C)C(C(=O)O)C(=O)O.[H+]. The van der Waals surface area contributed by atoms with Crippen molar-refractivity contribution in [1.82, 2.24) is 0 Å². The Hall–Kier alpha value is -1.10. The van der Waals surface area contributed by atoms with Gasteiger partial charge in [-0.2, -0.15) is 0 Å². The van der Waals surface area contributed by atoms with Crippen LogP contribution in [0.3, 0.4) is 0 Å². The van der Waals surface area contributed by atoms with Crippen LogP contribution in [0.25, 0.3) is 0 Å². The second-order valence-electron chi connectivity index (χ2n) is 3.20. The van der Waals surface area contributed by atoms with E-state index in [1.165, 1.54) is 21.1 Å². The molecule has 0 amide bonds. The van der Waals surface area contributed by atoms with Crippen LogP contribution in [-0.4, -0.2) is 53.8 Å². The number of hydrogen-bond donors (Lipinski definition) is 2. The highest BCUT2D eigenvalue weighted by Gasteiger charge is 2.38. The van der Waals surface area contributed by atoms with Crippen molar-refractivity contribution in [3.05, 3.63) is 0 Å². The molecular formula is C6H13NO4+2. The maximum absolute atomic E-state index is 10.4. The third-order valence-corrected chi connectivity index (χ3v) is 1.24. The number of rotatable bonds is 3. The first-order chi connectivity index (χ1) is 4.76. The lowest BCUT2D eigenvalue weighted by Crippen LogP contribution is -2.54. The summed E-state index contributed by atoms with van der Waals surface area (Å²) in [5, 5.41) is 17.0. The first-order valence-electron chi connectivity index (χ1n) is 3.03. The zero-order chi connectivity index (χ0) is 9.23. The van der Waals surface area contributed by atoms with E-state index in [0.29, 0.717) is 0 Å². The number of nitrogens with zero attached hydrogens (tertiary/aromatic N) is 1. The summed E-state index contributed by atoms with van der Waals surface area (Å²) in [6.07, 6.45) is 0. The van der Waals surface area contributed by atoms with E-state index in [9.17, 15) is 9.59 Å². The fourth-order valence-corrected chi connectivity index (χ4v) is 0.768. The van der Waals surface area contributed by atoms with Crippen molar-refractivity contribution < 1.29 is 25.7 Å². The molecule has 0 aliphatic rings. The number of aliphatic carboxylic acids is 2. The molecule has 0 radical (unpaired) electrons. The average molecular weight is 163 g/mol. The maximum Gasteiger partial charge on any atom is 1.00 e. The quantitative estimate of drug-likeness (QED) is 0.428. The minimum Gasteiger partial charge on any atom is -0.476 e. The van der Waals surface area contributed by atoms with Gasteiger partial charge in [0, 0.05) is 0 Å². The Kier molecular flexibility index (Phi) is 2.59. The standard InChI is InChI=1S/C6H11NO4/c1-7(2,3)4(5(8)9)6(10)11/h4H,1-3H3,(H-,8,9,10,11)/p+2. The number of hydrogen-bond acceptors (Lipinski definition) is 2. The first kappa shape index (κ1) is 9.90. The number of carboxylic acid groups (broad SMARTS) is 2. The summed E-state index contributed by atoms with van der Waals surface area (Å²) in [5.74, 6) is -2.63. The lowest BCUT2D eigenvalue weighted by molar-refractivity contribution is -0.878. The summed E-state index contributed by atoms with van der Waals surface area (Å²) in [5.41, 5.74) is 0. The molecule has 0 saturated heterocycles. The van der Waals surface area contributed by atoms with Gasteiger partial charge >= 0.3 is 13.4 Å². The van der Waals surface area contributed by atoms with Crippen molar-refractivity contribution in [2.45, 2.75) is 6.04 Å². The zero-order valence-electron chi connectivity index (χ0n) is 7.74. The van der Waals surface area contributed by atoms with Crippen LogP contribution >= 0.6 is 0 Å². The second kappa shape index (κ2) is 2.87. The topological polar surface area (TPSA) is 74.6 Å². The summed E-state index contributed by atoms with van der Waals surface area (Å²) in [6, 6.07) is -1.39. The number of carbonyl (C=O) groups is 2. The number of quaternary nitrogens is 1. The van der Waals surface area contributed by atoms with Gasteiger partial charge in [-0.1, -0.05) is 0 Å². The molecule has 0 unspecified atom stereocenters. The monoisotopic (exact) mass is 163 g/mol. The highest BCUT2D eigenvalue weighted by molar-refractivity contribution is 5.95. The molecule has 0 saturated carbocycles. The third-order valence-electron chi connectivity index (χ3n) is 1.24. The van der Waals surface area contributed by atoms with Gasteiger partial charge < -0.3 is 14.7 Å². The number of carboxylic acids is 2. The molecule has 11 heavy (non-hydrogen) atoms. The minimum atomic E-state index is -1.39. The zero-order valence-corrected chi connectivity index (χ0v) is 6.74. The fraction of sp³-hybridized carbons (Fsp3) is 0.667. The van der Waals surface area contributed by atoms with Crippen molar-refractivity contribution in [2.75, 3.05) is 21.1 Å². The van der Waals surface area contributed by atoms with Gasteiger partial charge in [0.05, 0.1) is 21.1 Å². The summed E-state index contributed by atoms with van der Waals surface area (Å²) in [4.78, 5) is 20.8. The molecule has 0 fully saturated rings. The highest BCUT2D eigenvalue weighted by atomic mass is 16.4. The van der Waals surface area contributed by atoms with Gasteiger partial charge in [-0.25, -0.2) is 9.59 Å². The van der Waals surface area contributed by atoms with Crippen molar-refractivity contribution in [3.8, 4) is 0 Å². The highest BCUT2D eigenvalue weighted by Crippen LogP contribution is 2.02. The molecule has 2 N–H and O–H groups in total. The van der Waals surface area contributed by atoms with E-state index in [2.05, 4.69) is 0 Å². The average Bonchev–Trinajstić information content (AvgIpc) is 1.54. The summed E-state index contributed by atoms with van der Waals surface area (Å²) < 4.78 is -0.120. The molecule has 5 nitrogen and oxygen atoms in total. The molecule has 0 aliphatic heterocycles. The Labute approximate surface area is 65.9 Å². The Balaban J connectivity index is 0. The van der Waals surface area contributed by atoms with Crippen LogP contribution in [0.1, 0.15) is 1.43 Å². The van der Waals surface area contributed by atoms with Crippen LogP contribution in [0.4, 0.5) is 0 Å². The molecule has 5 heteroatoms. The molecule has 0 spiro atoms. The Morgan fingerprint density at radius 3 is 1.45 bits per heavy atom. The van der Waals surface area contributed by atoms with E-state index in [1.807, 2.05) is 0 Å². The first-order valence-corrected chi connectivity index (χ1v) is 3.03. The third kappa shape index (κ3) is 2.55. The van der Waals surface area contributed by atoms with E-state index in [1.54, 1.807) is 0 Å². The normalized spacial score (nSPS) is 11.6. The Bertz CT molecular complexity index is 172. The van der Waals surface area contributed by atoms with Crippen LogP contribution < -0.4 is 0 Å². The molecule has 0 rings (SSSR count). The van der Waals surface area contributed by atoms with Crippen LogP contribution in [0.5, 0.6) is 0 Å². The largest absolute Gasteiger partial charge is 1.00 e. The van der Waals surface area contributed by atoms with Crippen molar-refractivity contribution in [3.63, 3.8) is 0 Å². The molecule has 0 atom stereocenters. The molecule has 0 heterocycles. The van der Waals surface area contributed by atoms with Gasteiger partial charge in [0.1, 0.15) is 0 Å². The molecule has 0 aliphatic carbocycles. The van der Waals surface area contributed by atoms with Gasteiger partial charge in [0.15, 0.2) is 0 Å². The summed E-state index contributed by atoms with van der Waals surface area (Å²) in [6.45, 7) is 0. The lowest BCUT2D eigenvalue weighted by Gasteiger charge is -2.27. The van der Waals surface area contributed by atoms with Crippen LogP contribution in [0.2, 0.25) is 0 Å². The van der Waals surface area contributed by atoms with E-state index < -0.39 is 18.0 Å². The second-order valence-corrected chi connectivity index (χ2v) is 3.20. The van der Waals surface area contributed by atoms with Gasteiger partial charge in [-0.15, -0.1) is 0 Å². The number of likely N-dealkylation sites (N-methyl/N-ethyl adjacent to an activating group) is 1. The molecule has 0 aromatic heterocycles. The van der Waals surface area contributed by atoms with E-state index in [-0.39, 0.29) is 5.91 Å². The minimum absolute atomic E-state index is 0. The van der Waals surface area contributed by atoms with Gasteiger partial charge in [-0.3, -0.25) is 0 Å².